The summed E-state index contributed by atoms with van der Waals surface area (Å²) in [6.07, 6.45) is 4.62. The van der Waals surface area contributed by atoms with E-state index < -0.39 is 0 Å². The fraction of sp³-hybridized carbons (Fsp3) is 0.300. The fourth-order valence-electron chi connectivity index (χ4n) is 1.40. The minimum atomic E-state index is 0.425. The van der Waals surface area contributed by atoms with Crippen LogP contribution in [0, 0.1) is 11.3 Å². The first kappa shape index (κ1) is 8.85. The van der Waals surface area contributed by atoms with Crippen LogP contribution in [-0.4, -0.2) is 23.1 Å². The highest BCUT2D eigenvalue weighted by atomic mass is 14.9. The molecule has 0 saturated carbocycles. The second-order valence-electron chi connectivity index (χ2n) is 3.06. The predicted molar refractivity (Wildman–Crippen MR) is 52.2 cm³/mol. The zero-order valence-electron chi connectivity index (χ0n) is 7.70. The van der Waals surface area contributed by atoms with Crippen molar-refractivity contribution in [3.63, 3.8) is 0 Å². The molecule has 0 fully saturated rings. The molecule has 0 atom stereocenters. The highest BCUT2D eigenvalue weighted by Crippen LogP contribution is 2.14. The molecule has 14 heavy (non-hydrogen) atoms. The Morgan fingerprint density at radius 1 is 1.50 bits per heavy atom. The van der Waals surface area contributed by atoms with Crippen molar-refractivity contribution in [2.24, 2.45) is 0 Å². The summed E-state index contributed by atoms with van der Waals surface area (Å²) in [5, 5.41) is 11.9. The van der Waals surface area contributed by atoms with E-state index in [0.717, 1.165) is 25.1 Å². The Bertz CT molecular complexity index is 403. The number of hydrogen-bond donors (Lipinski definition) is 1. The monoisotopic (exact) mass is 186 g/mol. The van der Waals surface area contributed by atoms with Gasteiger partial charge in [-0.2, -0.15) is 5.26 Å². The van der Waals surface area contributed by atoms with Crippen LogP contribution in [0.25, 0.3) is 5.57 Å². The molecule has 4 nitrogen and oxygen atoms in total. The van der Waals surface area contributed by atoms with Gasteiger partial charge in [0.2, 0.25) is 0 Å². The van der Waals surface area contributed by atoms with Gasteiger partial charge in [0.1, 0.15) is 11.8 Å². The predicted octanol–water partition coefficient (Wildman–Crippen LogP) is 0.725. The van der Waals surface area contributed by atoms with Gasteiger partial charge in [-0.05, 0) is 24.6 Å². The number of nitrogens with zero attached hydrogens (tertiary/aromatic N) is 3. The Hall–Kier alpha value is -1.73. The average molecular weight is 186 g/mol. The van der Waals surface area contributed by atoms with Crippen LogP contribution in [0.2, 0.25) is 0 Å². The summed E-state index contributed by atoms with van der Waals surface area (Å²) in [7, 11) is 0. The minimum absolute atomic E-state index is 0.425. The van der Waals surface area contributed by atoms with Crippen LogP contribution in [0.5, 0.6) is 0 Å². The van der Waals surface area contributed by atoms with E-state index in [-0.39, 0.29) is 0 Å². The first-order valence-corrected chi connectivity index (χ1v) is 4.53. The maximum atomic E-state index is 8.69. The van der Waals surface area contributed by atoms with E-state index in [1.54, 1.807) is 12.3 Å². The van der Waals surface area contributed by atoms with E-state index in [0.29, 0.717) is 11.5 Å². The molecule has 1 aromatic rings. The van der Waals surface area contributed by atoms with Crippen LogP contribution in [-0.2, 0) is 0 Å². The fourth-order valence-corrected chi connectivity index (χ4v) is 1.40. The molecule has 70 valence electrons. The molecule has 0 aromatic carbocycles. The molecule has 1 N–H and O–H groups in total. The van der Waals surface area contributed by atoms with Gasteiger partial charge in [-0.3, -0.25) is 0 Å². The second kappa shape index (κ2) is 3.99. The molecule has 0 radical (unpaired) electrons. The van der Waals surface area contributed by atoms with Crippen molar-refractivity contribution >= 4 is 5.57 Å². The van der Waals surface area contributed by atoms with Crippen LogP contribution < -0.4 is 5.32 Å². The standard InChI is InChI=1S/C10H10N4/c11-7-9-3-6-13-10(14-9)8-1-4-12-5-2-8/h1,3,6,12H,2,4-5H2. The molecule has 1 aliphatic heterocycles. The van der Waals surface area contributed by atoms with Gasteiger partial charge >= 0.3 is 0 Å². The largest absolute Gasteiger partial charge is 0.313 e. The van der Waals surface area contributed by atoms with Crippen molar-refractivity contribution in [3.05, 3.63) is 29.9 Å². The Morgan fingerprint density at radius 2 is 2.43 bits per heavy atom. The quantitative estimate of drug-likeness (QED) is 0.702. The van der Waals surface area contributed by atoms with Crippen LogP contribution in [0.15, 0.2) is 18.3 Å². The van der Waals surface area contributed by atoms with E-state index in [4.69, 9.17) is 5.26 Å². The van der Waals surface area contributed by atoms with Crippen LogP contribution in [0.3, 0.4) is 0 Å². The van der Waals surface area contributed by atoms with Crippen molar-refractivity contribution in [1.82, 2.24) is 15.3 Å². The van der Waals surface area contributed by atoms with Crippen LogP contribution in [0.4, 0.5) is 0 Å². The number of hydrogen-bond acceptors (Lipinski definition) is 4. The number of nitriles is 1. The molecule has 0 aliphatic carbocycles. The number of rotatable bonds is 1. The molecular weight excluding hydrogens is 176 g/mol. The molecule has 1 aromatic heterocycles. The SMILES string of the molecule is N#Cc1ccnc(C2=CCNCC2)n1. The van der Waals surface area contributed by atoms with Crippen molar-refractivity contribution in [1.29, 1.82) is 5.26 Å². The molecule has 4 heteroatoms. The Morgan fingerprint density at radius 3 is 3.14 bits per heavy atom. The van der Waals surface area contributed by atoms with Gasteiger partial charge in [0, 0.05) is 12.7 Å². The Balaban J connectivity index is 2.32. The lowest BCUT2D eigenvalue weighted by atomic mass is 10.1. The lowest BCUT2D eigenvalue weighted by Gasteiger charge is -2.12. The maximum absolute atomic E-state index is 8.69. The smallest absolute Gasteiger partial charge is 0.156 e. The van der Waals surface area contributed by atoms with E-state index in [2.05, 4.69) is 21.4 Å². The normalized spacial score (nSPS) is 15.8. The van der Waals surface area contributed by atoms with Gasteiger partial charge in [0.05, 0.1) is 0 Å². The summed E-state index contributed by atoms with van der Waals surface area (Å²) in [5.74, 6) is 0.686. The van der Waals surface area contributed by atoms with E-state index in [1.165, 1.54) is 0 Å². The molecule has 0 saturated heterocycles. The molecule has 0 spiro atoms. The Labute approximate surface area is 82.3 Å². The average Bonchev–Trinajstić information content (AvgIpc) is 2.30. The molecule has 2 rings (SSSR count). The highest BCUT2D eigenvalue weighted by molar-refractivity contribution is 5.61. The summed E-state index contributed by atoms with van der Waals surface area (Å²) < 4.78 is 0. The van der Waals surface area contributed by atoms with E-state index >= 15 is 0 Å². The summed E-state index contributed by atoms with van der Waals surface area (Å²) in [6.45, 7) is 1.81. The minimum Gasteiger partial charge on any atom is -0.313 e. The van der Waals surface area contributed by atoms with Gasteiger partial charge in [-0.15, -0.1) is 0 Å². The molecule has 0 bridgehead atoms. The third-order valence-electron chi connectivity index (χ3n) is 2.12. The van der Waals surface area contributed by atoms with Crippen LogP contribution >= 0.6 is 0 Å². The van der Waals surface area contributed by atoms with Gasteiger partial charge in [0.15, 0.2) is 5.82 Å². The van der Waals surface area contributed by atoms with E-state index in [1.807, 2.05) is 6.07 Å². The molecule has 2 heterocycles. The van der Waals surface area contributed by atoms with Gasteiger partial charge < -0.3 is 5.32 Å². The summed E-state index contributed by atoms with van der Waals surface area (Å²) in [6, 6.07) is 3.63. The summed E-state index contributed by atoms with van der Waals surface area (Å²) in [5.41, 5.74) is 1.55. The van der Waals surface area contributed by atoms with Gasteiger partial charge in [0.25, 0.3) is 0 Å². The second-order valence-corrected chi connectivity index (χ2v) is 3.06. The lowest BCUT2D eigenvalue weighted by Crippen LogP contribution is -2.20. The topological polar surface area (TPSA) is 61.6 Å². The van der Waals surface area contributed by atoms with Crippen molar-refractivity contribution < 1.29 is 0 Å². The first-order chi connectivity index (χ1) is 6.90. The zero-order valence-corrected chi connectivity index (χ0v) is 7.70. The molecule has 0 unspecified atom stereocenters. The molecular formula is C10H10N4. The van der Waals surface area contributed by atoms with E-state index in [9.17, 15) is 0 Å². The first-order valence-electron chi connectivity index (χ1n) is 4.53. The number of nitrogens with one attached hydrogen (secondary N) is 1. The zero-order chi connectivity index (χ0) is 9.80. The van der Waals surface area contributed by atoms with Crippen molar-refractivity contribution in [2.45, 2.75) is 6.42 Å². The number of aromatic nitrogens is 2. The summed E-state index contributed by atoms with van der Waals surface area (Å²) in [4.78, 5) is 8.30. The third-order valence-corrected chi connectivity index (χ3v) is 2.12. The molecule has 1 aliphatic rings. The third kappa shape index (κ3) is 1.78. The molecule has 0 amide bonds. The Kier molecular flexibility index (Phi) is 2.52. The van der Waals surface area contributed by atoms with Crippen molar-refractivity contribution in [2.75, 3.05) is 13.1 Å². The van der Waals surface area contributed by atoms with Crippen molar-refractivity contribution in [3.8, 4) is 6.07 Å². The highest BCUT2D eigenvalue weighted by Gasteiger charge is 2.08. The van der Waals surface area contributed by atoms with Gasteiger partial charge in [-0.25, -0.2) is 9.97 Å². The maximum Gasteiger partial charge on any atom is 0.156 e. The lowest BCUT2D eigenvalue weighted by molar-refractivity contribution is 0.734. The summed E-state index contributed by atoms with van der Waals surface area (Å²) >= 11 is 0. The van der Waals surface area contributed by atoms with Gasteiger partial charge in [-0.1, -0.05) is 6.08 Å². The van der Waals surface area contributed by atoms with Crippen LogP contribution in [0.1, 0.15) is 17.9 Å².